The molecule has 7 heteroatoms. The number of carbonyl (C=O) groups is 4. The van der Waals surface area contributed by atoms with Gasteiger partial charge < -0.3 is 9.74 Å². The smallest absolute Gasteiger partial charge is 0.326 e. The number of imide groups is 1. The van der Waals surface area contributed by atoms with Crippen LogP contribution in [0.1, 0.15) is 25.7 Å². The van der Waals surface area contributed by atoms with E-state index in [-0.39, 0.29) is 18.7 Å². The molecule has 0 spiro atoms. The highest BCUT2D eigenvalue weighted by molar-refractivity contribution is 6.02. The first-order valence-corrected chi connectivity index (χ1v) is 6.11. The summed E-state index contributed by atoms with van der Waals surface area (Å²) < 4.78 is 0. The fraction of sp³-hybridized carbons (Fsp3) is 0.385. The highest BCUT2D eigenvalue weighted by Crippen LogP contribution is 2.11. The maximum absolute atomic E-state index is 10.8. The van der Waals surface area contributed by atoms with Gasteiger partial charge >= 0.3 is 5.97 Å². The highest BCUT2D eigenvalue weighted by atomic mass is 16.7. The molecule has 2 aliphatic heterocycles. The van der Waals surface area contributed by atoms with Crippen LogP contribution in [0, 0.1) is 0 Å². The number of hydroxylamine groups is 2. The lowest BCUT2D eigenvalue weighted by atomic mass is 10.4. The van der Waals surface area contributed by atoms with E-state index in [4.69, 9.17) is 0 Å². The molecular formula is C13H16N2O5. The Morgan fingerprint density at radius 1 is 1.05 bits per heavy atom. The van der Waals surface area contributed by atoms with Crippen molar-refractivity contribution in [1.82, 2.24) is 9.96 Å². The lowest BCUT2D eigenvalue weighted by molar-refractivity contribution is -0.193. The largest absolute Gasteiger partial charge is 0.356 e. The molecule has 0 bridgehead atoms. The molecule has 2 aliphatic rings. The minimum atomic E-state index is -0.807. The Morgan fingerprint density at radius 2 is 1.65 bits per heavy atom. The zero-order valence-corrected chi connectivity index (χ0v) is 11.0. The van der Waals surface area contributed by atoms with Gasteiger partial charge in [0.05, 0.1) is 0 Å². The Hall–Kier alpha value is -2.44. The van der Waals surface area contributed by atoms with Crippen LogP contribution >= 0.6 is 0 Å². The molecule has 0 aromatic carbocycles. The molecule has 0 unspecified atom stereocenters. The summed E-state index contributed by atoms with van der Waals surface area (Å²) in [5, 5.41) is 0.476. The van der Waals surface area contributed by atoms with Gasteiger partial charge in [0.25, 0.3) is 11.8 Å². The molecular weight excluding hydrogens is 264 g/mol. The van der Waals surface area contributed by atoms with Gasteiger partial charge in [-0.3, -0.25) is 14.4 Å². The lowest BCUT2D eigenvalue weighted by Gasteiger charge is -2.09. The van der Waals surface area contributed by atoms with E-state index in [1.807, 2.05) is 0 Å². The Morgan fingerprint density at radius 3 is 2.00 bits per heavy atom. The number of hydrogen-bond acceptors (Lipinski definition) is 5. The Kier molecular flexibility index (Phi) is 5.64. The molecule has 0 N–H and O–H groups in total. The number of carbonyl (C=O) groups excluding carboxylic acids is 4. The van der Waals surface area contributed by atoms with Crippen molar-refractivity contribution in [1.29, 1.82) is 0 Å². The molecule has 2 saturated heterocycles. The van der Waals surface area contributed by atoms with Crippen LogP contribution in [0.4, 0.5) is 0 Å². The van der Waals surface area contributed by atoms with Crippen molar-refractivity contribution in [2.75, 3.05) is 6.54 Å². The molecule has 0 aromatic heterocycles. The van der Waals surface area contributed by atoms with E-state index in [2.05, 4.69) is 18.0 Å². The maximum Gasteiger partial charge on any atom is 0.356 e. The third-order valence-electron chi connectivity index (χ3n) is 2.68. The fourth-order valence-electron chi connectivity index (χ4n) is 1.65. The number of rotatable bonds is 3. The summed E-state index contributed by atoms with van der Waals surface area (Å²) in [6.45, 7) is 7.49. The van der Waals surface area contributed by atoms with E-state index in [9.17, 15) is 19.2 Å². The van der Waals surface area contributed by atoms with Crippen molar-refractivity contribution in [3.05, 3.63) is 25.4 Å². The van der Waals surface area contributed by atoms with E-state index < -0.39 is 17.8 Å². The second-order valence-corrected chi connectivity index (χ2v) is 4.07. The van der Waals surface area contributed by atoms with Crippen molar-refractivity contribution in [2.45, 2.75) is 25.7 Å². The molecule has 7 nitrogen and oxygen atoms in total. The van der Waals surface area contributed by atoms with Crippen LogP contribution in [0.25, 0.3) is 0 Å². The van der Waals surface area contributed by atoms with E-state index >= 15 is 0 Å². The molecule has 108 valence electrons. The molecule has 20 heavy (non-hydrogen) atoms. The topological polar surface area (TPSA) is 84.0 Å². The summed E-state index contributed by atoms with van der Waals surface area (Å²) in [6.07, 6.45) is 4.37. The van der Waals surface area contributed by atoms with Gasteiger partial charge in [-0.2, -0.15) is 0 Å². The van der Waals surface area contributed by atoms with Gasteiger partial charge in [0.2, 0.25) is 5.91 Å². The average molecular weight is 280 g/mol. The number of nitrogens with zero attached hydrogens (tertiary/aromatic N) is 2. The van der Waals surface area contributed by atoms with Crippen LogP contribution in [-0.4, -0.2) is 40.2 Å². The zero-order valence-electron chi connectivity index (χ0n) is 11.0. The van der Waals surface area contributed by atoms with Gasteiger partial charge in [-0.25, -0.2) is 4.79 Å². The lowest BCUT2D eigenvalue weighted by Crippen LogP contribution is -2.31. The highest BCUT2D eigenvalue weighted by Gasteiger charge is 2.32. The summed E-state index contributed by atoms with van der Waals surface area (Å²) in [7, 11) is 0. The van der Waals surface area contributed by atoms with Gasteiger partial charge in [0, 0.05) is 31.9 Å². The summed E-state index contributed by atoms with van der Waals surface area (Å²) in [5.74, 6) is -1.58. The summed E-state index contributed by atoms with van der Waals surface area (Å²) >= 11 is 0. The molecule has 3 amide bonds. The van der Waals surface area contributed by atoms with Crippen molar-refractivity contribution in [3.63, 3.8) is 0 Å². The third-order valence-corrected chi connectivity index (χ3v) is 2.68. The molecule has 0 atom stereocenters. The van der Waals surface area contributed by atoms with Crippen molar-refractivity contribution in [2.24, 2.45) is 0 Å². The standard InChI is InChI=1S/C7H7NO4.C6H9NO/c1-2-7(11)12-8-5(9)3-4-6(8)10;1-2-7-5-3-4-6(7)8/h2H,1,3-4H2;2H,1,3-5H2. The van der Waals surface area contributed by atoms with Gasteiger partial charge in [0.15, 0.2) is 0 Å². The van der Waals surface area contributed by atoms with Gasteiger partial charge in [-0.1, -0.05) is 13.2 Å². The van der Waals surface area contributed by atoms with Crippen LogP contribution in [0.5, 0.6) is 0 Å². The minimum Gasteiger partial charge on any atom is -0.326 e. The molecule has 2 fully saturated rings. The molecule has 0 aliphatic carbocycles. The summed E-state index contributed by atoms with van der Waals surface area (Å²) in [4.78, 5) is 48.9. The Bertz CT molecular complexity index is 442. The predicted octanol–water partition coefficient (Wildman–Crippen LogP) is 0.532. The third kappa shape index (κ3) is 4.04. The van der Waals surface area contributed by atoms with Crippen LogP contribution in [0.3, 0.4) is 0 Å². The van der Waals surface area contributed by atoms with Crippen LogP contribution in [0.2, 0.25) is 0 Å². The maximum atomic E-state index is 10.8. The first-order chi connectivity index (χ1) is 9.49. The van der Waals surface area contributed by atoms with Crippen molar-refractivity contribution in [3.8, 4) is 0 Å². The Balaban J connectivity index is 0.000000217. The average Bonchev–Trinajstić information content (AvgIpc) is 2.99. The first kappa shape index (κ1) is 15.6. The first-order valence-electron chi connectivity index (χ1n) is 6.11. The van der Waals surface area contributed by atoms with Gasteiger partial charge in [-0.15, -0.1) is 5.06 Å². The normalized spacial score (nSPS) is 17.7. The molecule has 0 aromatic rings. The van der Waals surface area contributed by atoms with E-state index in [0.717, 1.165) is 19.0 Å². The fourth-order valence-corrected chi connectivity index (χ4v) is 1.65. The Labute approximate surface area is 116 Å². The van der Waals surface area contributed by atoms with Gasteiger partial charge in [0.1, 0.15) is 0 Å². The quantitative estimate of drug-likeness (QED) is 0.556. The van der Waals surface area contributed by atoms with E-state index in [1.54, 1.807) is 11.1 Å². The second-order valence-electron chi connectivity index (χ2n) is 4.07. The molecule has 2 heterocycles. The summed E-state index contributed by atoms with van der Waals surface area (Å²) in [6, 6.07) is 0. The van der Waals surface area contributed by atoms with Crippen LogP contribution in [-0.2, 0) is 24.0 Å². The molecule has 0 radical (unpaired) electrons. The zero-order chi connectivity index (χ0) is 15.1. The van der Waals surface area contributed by atoms with Gasteiger partial charge in [-0.05, 0) is 12.6 Å². The van der Waals surface area contributed by atoms with E-state index in [1.165, 1.54) is 0 Å². The van der Waals surface area contributed by atoms with Crippen molar-refractivity contribution < 1.29 is 24.0 Å². The summed E-state index contributed by atoms with van der Waals surface area (Å²) in [5.41, 5.74) is 0. The number of hydrogen-bond donors (Lipinski definition) is 0. The van der Waals surface area contributed by atoms with Crippen LogP contribution in [0.15, 0.2) is 25.4 Å². The molecule has 0 saturated carbocycles. The predicted molar refractivity (Wildman–Crippen MR) is 68.5 cm³/mol. The minimum absolute atomic E-state index is 0.100. The van der Waals surface area contributed by atoms with Crippen molar-refractivity contribution >= 4 is 23.7 Å². The van der Waals surface area contributed by atoms with Crippen LogP contribution < -0.4 is 0 Å². The molecule has 2 rings (SSSR count). The number of likely N-dealkylation sites (tertiary alicyclic amines) is 1. The number of amides is 3. The monoisotopic (exact) mass is 280 g/mol. The SMILES string of the molecule is C=CC(=O)ON1C(=O)CCC1=O.C=CN1CCCC1=O. The second kappa shape index (κ2) is 7.22. The van der Waals surface area contributed by atoms with E-state index in [0.29, 0.717) is 11.5 Å².